The number of aromatic hydroxyl groups is 1. The Bertz CT molecular complexity index is 1130. The van der Waals surface area contributed by atoms with E-state index in [1.165, 1.54) is 18.4 Å². The number of benzene rings is 2. The Kier molecular flexibility index (Phi) is 5.02. The van der Waals surface area contributed by atoms with Crippen LogP contribution in [0.25, 0.3) is 5.76 Å². The first-order valence-corrected chi connectivity index (χ1v) is 9.38. The Labute approximate surface area is 172 Å². The highest BCUT2D eigenvalue weighted by Gasteiger charge is 2.49. The van der Waals surface area contributed by atoms with Gasteiger partial charge in [0.15, 0.2) is 0 Å². The van der Waals surface area contributed by atoms with Gasteiger partial charge in [-0.25, -0.2) is 0 Å². The van der Waals surface area contributed by atoms with Crippen molar-refractivity contribution in [2.75, 3.05) is 11.5 Å². The van der Waals surface area contributed by atoms with E-state index in [2.05, 4.69) is 0 Å². The summed E-state index contributed by atoms with van der Waals surface area (Å²) in [6, 6.07) is 15.0. The number of hydrogen-bond acceptors (Lipinski definition) is 6. The van der Waals surface area contributed by atoms with Crippen LogP contribution in [0.2, 0.25) is 0 Å². The minimum absolute atomic E-state index is 0.133. The lowest BCUT2D eigenvalue weighted by Crippen LogP contribution is -2.29. The molecule has 1 aliphatic rings. The average Bonchev–Trinajstić information content (AvgIpc) is 3.36. The molecule has 4 rings (SSSR count). The van der Waals surface area contributed by atoms with Crippen LogP contribution in [0.4, 0.5) is 5.69 Å². The Hall–Kier alpha value is -4.00. The van der Waals surface area contributed by atoms with Crippen LogP contribution in [-0.2, 0) is 9.59 Å². The fraction of sp³-hybridized carbons (Fsp3) is 0.130. The molecule has 0 spiro atoms. The lowest BCUT2D eigenvalue weighted by molar-refractivity contribution is -0.132. The molecule has 0 saturated carbocycles. The number of furan rings is 1. The van der Waals surface area contributed by atoms with Crippen molar-refractivity contribution < 1.29 is 29.0 Å². The Balaban J connectivity index is 1.91. The highest BCUT2D eigenvalue weighted by Crippen LogP contribution is 2.44. The van der Waals surface area contributed by atoms with Crippen LogP contribution in [0.5, 0.6) is 11.5 Å². The molecular formula is C23H19NO6. The molecule has 3 aromatic rings. The number of anilines is 1. The van der Waals surface area contributed by atoms with E-state index in [9.17, 15) is 19.8 Å². The van der Waals surface area contributed by atoms with Crippen LogP contribution in [0.1, 0.15) is 24.3 Å². The predicted octanol–water partition coefficient (Wildman–Crippen LogP) is 4.01. The summed E-state index contributed by atoms with van der Waals surface area (Å²) >= 11 is 0. The van der Waals surface area contributed by atoms with Crippen molar-refractivity contribution >= 4 is 23.1 Å². The second-order valence-electron chi connectivity index (χ2n) is 6.63. The van der Waals surface area contributed by atoms with Crippen molar-refractivity contribution in [1.82, 2.24) is 0 Å². The van der Waals surface area contributed by atoms with E-state index in [1.54, 1.807) is 48.5 Å². The standard InChI is InChI=1S/C23H19NO6/c1-2-29-15-8-5-7-14(13-15)21(26)19-20(18-11-6-12-30-18)24(23(28)22(19)27)16-9-3-4-10-17(16)25/h3-13,20,25-26H,2H2,1H3/b21-19-. The maximum absolute atomic E-state index is 13.0. The van der Waals surface area contributed by atoms with Gasteiger partial charge in [0, 0.05) is 5.56 Å². The minimum Gasteiger partial charge on any atom is -0.507 e. The van der Waals surface area contributed by atoms with Crippen LogP contribution in [0, 0.1) is 0 Å². The van der Waals surface area contributed by atoms with Crippen molar-refractivity contribution in [3.63, 3.8) is 0 Å². The highest BCUT2D eigenvalue weighted by molar-refractivity contribution is 6.51. The molecule has 1 saturated heterocycles. The van der Waals surface area contributed by atoms with Crippen molar-refractivity contribution in [3.05, 3.63) is 83.8 Å². The van der Waals surface area contributed by atoms with E-state index in [4.69, 9.17) is 9.15 Å². The molecule has 2 heterocycles. The third kappa shape index (κ3) is 3.20. The number of Topliss-reactive ketones (excluding diaryl/α,β-unsaturated/α-hetero) is 1. The summed E-state index contributed by atoms with van der Waals surface area (Å²) in [5.41, 5.74) is 0.336. The number of carbonyl (C=O) groups excluding carboxylic acids is 2. The zero-order valence-electron chi connectivity index (χ0n) is 16.1. The summed E-state index contributed by atoms with van der Waals surface area (Å²) in [5.74, 6) is -1.48. The lowest BCUT2D eigenvalue weighted by Gasteiger charge is -2.24. The molecule has 1 atom stereocenters. The van der Waals surface area contributed by atoms with Gasteiger partial charge >= 0.3 is 0 Å². The maximum Gasteiger partial charge on any atom is 0.300 e. The summed E-state index contributed by atoms with van der Waals surface area (Å²) in [6.45, 7) is 2.27. The molecule has 0 bridgehead atoms. The van der Waals surface area contributed by atoms with E-state index in [0.29, 0.717) is 17.9 Å². The molecule has 1 aromatic heterocycles. The normalized spacial score (nSPS) is 18.0. The fourth-order valence-electron chi connectivity index (χ4n) is 3.52. The molecule has 1 unspecified atom stereocenters. The molecule has 152 valence electrons. The quantitative estimate of drug-likeness (QED) is 0.378. The van der Waals surface area contributed by atoms with Gasteiger partial charge in [0.1, 0.15) is 29.1 Å². The molecule has 7 nitrogen and oxygen atoms in total. The fourth-order valence-corrected chi connectivity index (χ4v) is 3.52. The molecule has 1 amide bonds. The van der Waals surface area contributed by atoms with Crippen LogP contribution < -0.4 is 9.64 Å². The van der Waals surface area contributed by atoms with Gasteiger partial charge in [0.2, 0.25) is 0 Å². The topological polar surface area (TPSA) is 100 Å². The molecule has 1 aliphatic heterocycles. The van der Waals surface area contributed by atoms with Crippen LogP contribution >= 0.6 is 0 Å². The van der Waals surface area contributed by atoms with Gasteiger partial charge in [-0.15, -0.1) is 0 Å². The smallest absolute Gasteiger partial charge is 0.300 e. The lowest BCUT2D eigenvalue weighted by atomic mass is 9.99. The third-order valence-electron chi connectivity index (χ3n) is 4.82. The molecule has 2 aromatic carbocycles. The zero-order valence-corrected chi connectivity index (χ0v) is 16.1. The van der Waals surface area contributed by atoms with Crippen molar-refractivity contribution in [2.24, 2.45) is 0 Å². The number of aliphatic hydroxyl groups is 1. The average molecular weight is 405 g/mol. The maximum atomic E-state index is 13.0. The second-order valence-corrected chi connectivity index (χ2v) is 6.63. The number of carbonyl (C=O) groups is 2. The predicted molar refractivity (Wildman–Crippen MR) is 109 cm³/mol. The van der Waals surface area contributed by atoms with E-state index >= 15 is 0 Å². The molecule has 0 aliphatic carbocycles. The number of ether oxygens (including phenoxy) is 1. The number of rotatable bonds is 5. The van der Waals surface area contributed by atoms with Crippen molar-refractivity contribution in [3.8, 4) is 11.5 Å². The van der Waals surface area contributed by atoms with Crippen molar-refractivity contribution in [2.45, 2.75) is 13.0 Å². The van der Waals surface area contributed by atoms with Gasteiger partial charge in [-0.2, -0.15) is 0 Å². The first kappa shape index (κ1) is 19.3. The molecule has 1 fully saturated rings. The van der Waals surface area contributed by atoms with E-state index in [1.807, 2.05) is 6.92 Å². The number of hydrogen-bond donors (Lipinski definition) is 2. The van der Waals surface area contributed by atoms with E-state index in [-0.39, 0.29) is 28.5 Å². The van der Waals surface area contributed by atoms with E-state index < -0.39 is 17.7 Å². The van der Waals surface area contributed by atoms with E-state index in [0.717, 1.165) is 4.90 Å². The van der Waals surface area contributed by atoms with Crippen LogP contribution in [-0.4, -0.2) is 28.5 Å². The number of ketones is 1. The van der Waals surface area contributed by atoms with Gasteiger partial charge < -0.3 is 19.4 Å². The molecule has 2 N–H and O–H groups in total. The summed E-state index contributed by atoms with van der Waals surface area (Å²) < 4.78 is 11.0. The SMILES string of the molecule is CCOc1cccc(/C(O)=C2/C(=O)C(=O)N(c3ccccc3O)C2c2ccco2)c1. The Morgan fingerprint density at radius 3 is 2.60 bits per heavy atom. The summed E-state index contributed by atoms with van der Waals surface area (Å²) in [5, 5.41) is 21.3. The van der Waals surface area contributed by atoms with Crippen molar-refractivity contribution in [1.29, 1.82) is 0 Å². The Morgan fingerprint density at radius 2 is 1.90 bits per heavy atom. The molecule has 0 radical (unpaired) electrons. The van der Waals surface area contributed by atoms with Gasteiger partial charge in [-0.3, -0.25) is 14.5 Å². The number of para-hydroxylation sites is 2. The number of aliphatic hydroxyl groups excluding tert-OH is 1. The second kappa shape index (κ2) is 7.79. The summed E-state index contributed by atoms with van der Waals surface area (Å²) in [7, 11) is 0. The van der Waals surface area contributed by atoms with Crippen LogP contribution in [0.15, 0.2) is 76.9 Å². The molecule has 30 heavy (non-hydrogen) atoms. The summed E-state index contributed by atoms with van der Waals surface area (Å²) in [6.07, 6.45) is 1.41. The number of amides is 1. The largest absolute Gasteiger partial charge is 0.507 e. The van der Waals surface area contributed by atoms with Crippen LogP contribution in [0.3, 0.4) is 0 Å². The van der Waals surface area contributed by atoms with Gasteiger partial charge in [0.05, 0.1) is 24.1 Å². The summed E-state index contributed by atoms with van der Waals surface area (Å²) in [4.78, 5) is 27.0. The molecule has 7 heteroatoms. The minimum atomic E-state index is -1.04. The molecular weight excluding hydrogens is 386 g/mol. The monoisotopic (exact) mass is 405 g/mol. The number of nitrogens with zero attached hydrogens (tertiary/aromatic N) is 1. The Morgan fingerprint density at radius 1 is 1.10 bits per heavy atom. The number of phenolic OH excluding ortho intramolecular Hbond substituents is 1. The van der Waals surface area contributed by atoms with Gasteiger partial charge in [0.25, 0.3) is 11.7 Å². The third-order valence-corrected chi connectivity index (χ3v) is 4.82. The highest BCUT2D eigenvalue weighted by atomic mass is 16.5. The first-order chi connectivity index (χ1) is 14.5. The van der Waals surface area contributed by atoms with Gasteiger partial charge in [-0.05, 0) is 43.3 Å². The number of phenols is 1. The first-order valence-electron chi connectivity index (χ1n) is 9.38. The van der Waals surface area contributed by atoms with Gasteiger partial charge in [-0.1, -0.05) is 24.3 Å². The zero-order chi connectivity index (χ0) is 21.3.